The zero-order valence-electron chi connectivity index (χ0n) is 14.9. The Morgan fingerprint density at radius 3 is 2.50 bits per heavy atom. The number of rotatable bonds is 7. The number of phenolic OH excluding ortho intramolecular Hbond substituents is 1. The van der Waals surface area contributed by atoms with Crippen LogP contribution in [0, 0.1) is 34.1 Å². The summed E-state index contributed by atoms with van der Waals surface area (Å²) in [5.41, 5.74) is 2.44. The molecule has 0 spiro atoms. The fourth-order valence-electron chi connectivity index (χ4n) is 2.13. The molecule has 0 aliphatic carbocycles. The molecule has 2 aromatic carbocycles. The third-order valence-corrected chi connectivity index (χ3v) is 3.75. The Labute approximate surface area is 158 Å². The predicted octanol–water partition coefficient (Wildman–Crippen LogP) is 2.35. The van der Waals surface area contributed by atoms with Crippen molar-refractivity contribution in [3.05, 3.63) is 67.3 Å². The summed E-state index contributed by atoms with van der Waals surface area (Å²) < 4.78 is 5.32. The van der Waals surface area contributed by atoms with Crippen molar-refractivity contribution in [2.75, 3.05) is 6.61 Å². The number of hydrogen-bond donors (Lipinski definition) is 2. The first-order valence-electron chi connectivity index (χ1n) is 7.86. The Kier molecular flexibility index (Phi) is 6.22. The SMILES string of the molecule is Cc1ccc(OCC(=O)NN=Cc2cc([N+](=O)[O-])cc([N+](=O)[O-])c2O)cc1C. The highest BCUT2D eigenvalue weighted by Crippen LogP contribution is 2.33. The van der Waals surface area contributed by atoms with Gasteiger partial charge in [0.15, 0.2) is 6.61 Å². The Morgan fingerprint density at radius 1 is 1.18 bits per heavy atom. The molecule has 0 aliphatic rings. The average molecular weight is 388 g/mol. The molecule has 0 aromatic heterocycles. The summed E-state index contributed by atoms with van der Waals surface area (Å²) in [6.07, 6.45) is 0.864. The number of aromatic hydroxyl groups is 1. The van der Waals surface area contributed by atoms with E-state index in [4.69, 9.17) is 4.74 Å². The van der Waals surface area contributed by atoms with Crippen LogP contribution in [-0.2, 0) is 4.79 Å². The molecule has 0 bridgehead atoms. The lowest BCUT2D eigenvalue weighted by molar-refractivity contribution is -0.394. The number of nitro benzene ring substituents is 2. The molecule has 0 saturated heterocycles. The van der Waals surface area contributed by atoms with Crippen LogP contribution in [-0.4, -0.2) is 33.7 Å². The number of benzene rings is 2. The van der Waals surface area contributed by atoms with Crippen molar-refractivity contribution < 1.29 is 24.5 Å². The van der Waals surface area contributed by atoms with Crippen LogP contribution in [0.2, 0.25) is 0 Å². The van der Waals surface area contributed by atoms with Gasteiger partial charge in [-0.05, 0) is 37.1 Å². The summed E-state index contributed by atoms with van der Waals surface area (Å²) >= 11 is 0. The molecule has 11 nitrogen and oxygen atoms in total. The predicted molar refractivity (Wildman–Crippen MR) is 98.6 cm³/mol. The Bertz CT molecular complexity index is 972. The van der Waals surface area contributed by atoms with E-state index in [1.807, 2.05) is 19.9 Å². The van der Waals surface area contributed by atoms with Crippen LogP contribution in [0.5, 0.6) is 11.5 Å². The second kappa shape index (κ2) is 8.58. The summed E-state index contributed by atoms with van der Waals surface area (Å²) in [5, 5.41) is 35.1. The number of amides is 1. The van der Waals surface area contributed by atoms with E-state index in [9.17, 15) is 30.1 Å². The summed E-state index contributed by atoms with van der Waals surface area (Å²) in [6.45, 7) is 3.49. The van der Waals surface area contributed by atoms with E-state index in [1.165, 1.54) is 0 Å². The lowest BCUT2D eigenvalue weighted by Crippen LogP contribution is -2.24. The van der Waals surface area contributed by atoms with Crippen LogP contribution in [0.15, 0.2) is 35.4 Å². The first-order chi connectivity index (χ1) is 13.2. The standard InChI is InChI=1S/C17H16N4O7/c1-10-3-4-14(5-11(10)2)28-9-16(22)19-18-8-12-6-13(20(24)25)7-15(17(12)23)21(26)27/h3-8,23H,9H2,1-2H3,(H,19,22). The number of aryl methyl sites for hydroxylation is 2. The number of nitrogens with one attached hydrogen (secondary N) is 1. The maximum atomic E-state index is 11.8. The van der Waals surface area contributed by atoms with Gasteiger partial charge in [-0.25, -0.2) is 5.43 Å². The van der Waals surface area contributed by atoms with Crippen LogP contribution >= 0.6 is 0 Å². The van der Waals surface area contributed by atoms with Crippen molar-refractivity contribution in [3.8, 4) is 11.5 Å². The first-order valence-corrected chi connectivity index (χ1v) is 7.86. The topological polar surface area (TPSA) is 157 Å². The van der Waals surface area contributed by atoms with Gasteiger partial charge in [0.1, 0.15) is 5.75 Å². The summed E-state index contributed by atoms with van der Waals surface area (Å²) in [7, 11) is 0. The molecule has 2 rings (SSSR count). The van der Waals surface area contributed by atoms with Gasteiger partial charge in [-0.2, -0.15) is 5.10 Å². The van der Waals surface area contributed by atoms with Crippen molar-refractivity contribution in [2.24, 2.45) is 5.10 Å². The fourth-order valence-corrected chi connectivity index (χ4v) is 2.13. The molecule has 0 fully saturated rings. The van der Waals surface area contributed by atoms with Gasteiger partial charge in [0.2, 0.25) is 5.75 Å². The van der Waals surface area contributed by atoms with Crippen molar-refractivity contribution in [2.45, 2.75) is 13.8 Å². The molecular formula is C17H16N4O7. The zero-order chi connectivity index (χ0) is 20.8. The van der Waals surface area contributed by atoms with Gasteiger partial charge in [0.25, 0.3) is 11.6 Å². The molecule has 0 unspecified atom stereocenters. The smallest absolute Gasteiger partial charge is 0.318 e. The quantitative estimate of drug-likeness (QED) is 0.418. The fraction of sp³-hybridized carbons (Fsp3) is 0.176. The number of non-ortho nitro benzene ring substituents is 1. The van der Waals surface area contributed by atoms with Crippen molar-refractivity contribution in [1.82, 2.24) is 5.43 Å². The summed E-state index contributed by atoms with van der Waals surface area (Å²) in [6, 6.07) is 6.84. The van der Waals surface area contributed by atoms with E-state index in [1.54, 1.807) is 12.1 Å². The number of nitro groups is 2. The second-order valence-corrected chi connectivity index (χ2v) is 5.74. The van der Waals surface area contributed by atoms with Gasteiger partial charge in [-0.3, -0.25) is 25.0 Å². The van der Waals surface area contributed by atoms with E-state index in [0.29, 0.717) is 11.8 Å². The minimum Gasteiger partial charge on any atom is -0.502 e. The van der Waals surface area contributed by atoms with E-state index in [2.05, 4.69) is 10.5 Å². The summed E-state index contributed by atoms with van der Waals surface area (Å²) in [4.78, 5) is 31.7. The van der Waals surface area contributed by atoms with E-state index in [-0.39, 0.29) is 12.2 Å². The molecule has 0 saturated carbocycles. The van der Waals surface area contributed by atoms with Crippen LogP contribution in [0.3, 0.4) is 0 Å². The number of carbonyl (C=O) groups is 1. The van der Waals surface area contributed by atoms with Gasteiger partial charge in [0.05, 0.1) is 27.7 Å². The number of phenols is 1. The third kappa shape index (κ3) is 5.00. The van der Waals surface area contributed by atoms with Crippen LogP contribution in [0.4, 0.5) is 11.4 Å². The van der Waals surface area contributed by atoms with Crippen molar-refractivity contribution in [1.29, 1.82) is 0 Å². The number of nitrogens with zero attached hydrogens (tertiary/aromatic N) is 3. The van der Waals surface area contributed by atoms with Gasteiger partial charge in [-0.15, -0.1) is 0 Å². The van der Waals surface area contributed by atoms with Crippen molar-refractivity contribution in [3.63, 3.8) is 0 Å². The Morgan fingerprint density at radius 2 is 1.89 bits per heavy atom. The maximum absolute atomic E-state index is 11.8. The maximum Gasteiger partial charge on any atom is 0.318 e. The van der Waals surface area contributed by atoms with E-state index >= 15 is 0 Å². The number of carbonyl (C=O) groups excluding carboxylic acids is 1. The van der Waals surface area contributed by atoms with Gasteiger partial charge >= 0.3 is 5.69 Å². The number of ether oxygens (including phenoxy) is 1. The lowest BCUT2D eigenvalue weighted by Gasteiger charge is -2.07. The van der Waals surface area contributed by atoms with E-state index in [0.717, 1.165) is 23.4 Å². The average Bonchev–Trinajstić information content (AvgIpc) is 2.63. The Hall–Kier alpha value is -4.02. The molecule has 0 aliphatic heterocycles. The first kappa shape index (κ1) is 20.3. The highest BCUT2D eigenvalue weighted by atomic mass is 16.6. The normalized spacial score (nSPS) is 10.6. The monoisotopic (exact) mass is 388 g/mol. The minimum atomic E-state index is -0.963. The van der Waals surface area contributed by atoms with Crippen molar-refractivity contribution >= 4 is 23.5 Å². The van der Waals surface area contributed by atoms with E-state index < -0.39 is 32.9 Å². The molecule has 1 amide bonds. The molecule has 11 heteroatoms. The third-order valence-electron chi connectivity index (χ3n) is 3.75. The molecule has 0 heterocycles. The lowest BCUT2D eigenvalue weighted by atomic mass is 10.1. The Balaban J connectivity index is 2.05. The largest absolute Gasteiger partial charge is 0.502 e. The molecule has 28 heavy (non-hydrogen) atoms. The molecule has 2 N–H and O–H groups in total. The molecule has 0 atom stereocenters. The molecule has 0 radical (unpaired) electrons. The number of hydrogen-bond acceptors (Lipinski definition) is 8. The van der Waals surface area contributed by atoms with Gasteiger partial charge in [-0.1, -0.05) is 6.07 Å². The second-order valence-electron chi connectivity index (χ2n) is 5.74. The van der Waals surface area contributed by atoms with Crippen LogP contribution in [0.1, 0.15) is 16.7 Å². The van der Waals surface area contributed by atoms with Gasteiger partial charge in [0, 0.05) is 6.07 Å². The molecular weight excluding hydrogens is 372 g/mol. The molecule has 146 valence electrons. The number of hydrazone groups is 1. The highest BCUT2D eigenvalue weighted by Gasteiger charge is 2.23. The highest BCUT2D eigenvalue weighted by molar-refractivity contribution is 5.88. The zero-order valence-corrected chi connectivity index (χ0v) is 14.9. The summed E-state index contributed by atoms with van der Waals surface area (Å²) in [5.74, 6) is -0.942. The van der Waals surface area contributed by atoms with Crippen LogP contribution in [0.25, 0.3) is 0 Å². The molecule has 2 aromatic rings. The minimum absolute atomic E-state index is 0.295. The van der Waals surface area contributed by atoms with Crippen LogP contribution < -0.4 is 10.2 Å². The van der Waals surface area contributed by atoms with Gasteiger partial charge < -0.3 is 9.84 Å².